The highest BCUT2D eigenvalue weighted by Gasteiger charge is 2.20. The van der Waals surface area contributed by atoms with Crippen LogP contribution in [0, 0.1) is 6.92 Å². The van der Waals surface area contributed by atoms with Gasteiger partial charge in [-0.1, -0.05) is 0 Å². The second-order valence-electron chi connectivity index (χ2n) is 8.89. The number of ether oxygens (including phenoxy) is 3. The van der Waals surface area contributed by atoms with Crippen LogP contribution in [-0.2, 0) is 4.74 Å². The SMILES string of the molecule is COC[C@@H](C)Oc1cc(C(=O)Nc2nc(C)cs2)cc(Oc2ccc(C(=O)N3CCN(C)CC3)cc2)n1. The minimum atomic E-state index is -0.362. The van der Waals surface area contributed by atoms with Crippen molar-refractivity contribution in [1.29, 1.82) is 0 Å². The zero-order valence-electron chi connectivity index (χ0n) is 21.4. The van der Waals surface area contributed by atoms with Gasteiger partial charge in [0, 0.05) is 56.4 Å². The minimum absolute atomic E-state index is 0.00307. The van der Waals surface area contributed by atoms with Gasteiger partial charge < -0.3 is 24.0 Å². The number of amides is 2. The molecule has 10 nitrogen and oxygen atoms in total. The summed E-state index contributed by atoms with van der Waals surface area (Å²) in [6, 6.07) is 9.97. The first-order chi connectivity index (χ1) is 17.8. The normalized spacial score (nSPS) is 14.8. The maximum atomic E-state index is 12.9. The van der Waals surface area contributed by atoms with E-state index in [9.17, 15) is 9.59 Å². The maximum Gasteiger partial charge on any atom is 0.257 e. The summed E-state index contributed by atoms with van der Waals surface area (Å²) in [5.74, 6) is 0.521. The maximum absolute atomic E-state index is 12.9. The zero-order chi connectivity index (χ0) is 26.4. The second-order valence-corrected chi connectivity index (χ2v) is 9.74. The Hall–Kier alpha value is -3.54. The first-order valence-electron chi connectivity index (χ1n) is 12.0. The Balaban J connectivity index is 1.51. The lowest BCUT2D eigenvalue weighted by atomic mass is 10.1. The van der Waals surface area contributed by atoms with E-state index in [-0.39, 0.29) is 29.7 Å². The molecule has 3 heterocycles. The van der Waals surface area contributed by atoms with E-state index in [4.69, 9.17) is 14.2 Å². The van der Waals surface area contributed by atoms with Gasteiger partial charge in [-0.2, -0.15) is 4.98 Å². The Morgan fingerprint density at radius 1 is 1.05 bits per heavy atom. The van der Waals surface area contributed by atoms with Crippen LogP contribution < -0.4 is 14.8 Å². The highest BCUT2D eigenvalue weighted by Crippen LogP contribution is 2.26. The van der Waals surface area contributed by atoms with Gasteiger partial charge in [0.15, 0.2) is 5.13 Å². The second kappa shape index (κ2) is 12.1. The number of piperazine rings is 1. The molecule has 1 saturated heterocycles. The van der Waals surface area contributed by atoms with Gasteiger partial charge >= 0.3 is 0 Å². The quantitative estimate of drug-likeness (QED) is 0.451. The molecule has 1 fully saturated rings. The fourth-order valence-corrected chi connectivity index (χ4v) is 4.44. The molecule has 37 heavy (non-hydrogen) atoms. The molecule has 0 saturated carbocycles. The van der Waals surface area contributed by atoms with E-state index in [0.717, 1.165) is 18.8 Å². The molecule has 1 aliphatic heterocycles. The number of nitrogens with zero attached hydrogens (tertiary/aromatic N) is 4. The number of methoxy groups -OCH3 is 1. The Morgan fingerprint density at radius 2 is 1.76 bits per heavy atom. The summed E-state index contributed by atoms with van der Waals surface area (Å²) in [5.41, 5.74) is 1.72. The Kier molecular flexibility index (Phi) is 8.70. The van der Waals surface area contributed by atoms with Crippen LogP contribution in [0.3, 0.4) is 0 Å². The van der Waals surface area contributed by atoms with Crippen molar-refractivity contribution in [2.24, 2.45) is 0 Å². The van der Waals surface area contributed by atoms with Crippen LogP contribution in [0.2, 0.25) is 0 Å². The lowest BCUT2D eigenvalue weighted by molar-refractivity contribution is 0.0664. The molecule has 0 aliphatic carbocycles. The van der Waals surface area contributed by atoms with Gasteiger partial charge in [0.05, 0.1) is 17.9 Å². The summed E-state index contributed by atoms with van der Waals surface area (Å²) in [6.45, 7) is 7.19. The summed E-state index contributed by atoms with van der Waals surface area (Å²) >= 11 is 1.34. The Labute approximate surface area is 220 Å². The van der Waals surface area contributed by atoms with Crippen LogP contribution >= 0.6 is 11.3 Å². The molecule has 11 heteroatoms. The number of aryl methyl sites for hydroxylation is 1. The van der Waals surface area contributed by atoms with Crippen molar-refractivity contribution in [3.63, 3.8) is 0 Å². The summed E-state index contributed by atoms with van der Waals surface area (Å²) in [5, 5.41) is 5.14. The van der Waals surface area contributed by atoms with Gasteiger partial charge in [-0.05, 0) is 45.2 Å². The van der Waals surface area contributed by atoms with Crippen molar-refractivity contribution < 1.29 is 23.8 Å². The predicted molar refractivity (Wildman–Crippen MR) is 141 cm³/mol. The van der Waals surface area contributed by atoms with Crippen molar-refractivity contribution in [3.8, 4) is 17.5 Å². The highest BCUT2D eigenvalue weighted by atomic mass is 32.1. The predicted octanol–water partition coefficient (Wildman–Crippen LogP) is 3.69. The average molecular weight is 526 g/mol. The number of rotatable bonds is 9. The van der Waals surface area contributed by atoms with Crippen molar-refractivity contribution in [1.82, 2.24) is 19.8 Å². The summed E-state index contributed by atoms with van der Waals surface area (Å²) in [7, 11) is 3.63. The smallest absolute Gasteiger partial charge is 0.257 e. The van der Waals surface area contributed by atoms with Crippen LogP contribution in [0.1, 0.15) is 33.3 Å². The molecule has 2 amide bonds. The summed E-state index contributed by atoms with van der Waals surface area (Å²) < 4.78 is 16.9. The molecule has 1 aromatic carbocycles. The first-order valence-corrected chi connectivity index (χ1v) is 12.9. The summed E-state index contributed by atoms with van der Waals surface area (Å²) in [6.07, 6.45) is -0.287. The number of hydrogen-bond donors (Lipinski definition) is 1. The molecule has 0 spiro atoms. The number of likely N-dealkylation sites (N-methyl/N-ethyl adjacent to an activating group) is 1. The molecule has 1 N–H and O–H groups in total. The number of pyridine rings is 1. The number of benzene rings is 1. The topological polar surface area (TPSA) is 106 Å². The number of carbonyl (C=O) groups is 2. The average Bonchev–Trinajstić information content (AvgIpc) is 3.28. The lowest BCUT2D eigenvalue weighted by Crippen LogP contribution is -2.47. The van der Waals surface area contributed by atoms with E-state index >= 15 is 0 Å². The van der Waals surface area contributed by atoms with E-state index in [1.165, 1.54) is 17.4 Å². The molecule has 196 valence electrons. The Morgan fingerprint density at radius 3 is 2.41 bits per heavy atom. The molecular formula is C26H31N5O5S. The monoisotopic (exact) mass is 525 g/mol. The molecule has 1 aliphatic rings. The standard InChI is InChI=1S/C26H31N5O5S/c1-17-16-37-26(27-17)29-24(32)20-13-22(35-18(2)15-34-4)28-23(14-20)36-21-7-5-19(6-8-21)25(33)31-11-9-30(3)10-12-31/h5-8,13-14,16,18H,9-12,15H2,1-4H3,(H,27,29,32)/t18-/m1/s1. The largest absolute Gasteiger partial charge is 0.472 e. The van der Waals surface area contributed by atoms with E-state index in [2.05, 4.69) is 27.2 Å². The highest BCUT2D eigenvalue weighted by molar-refractivity contribution is 7.13. The summed E-state index contributed by atoms with van der Waals surface area (Å²) in [4.78, 5) is 38.5. The van der Waals surface area contributed by atoms with Crippen LogP contribution in [-0.4, -0.2) is 84.6 Å². The molecule has 0 radical (unpaired) electrons. The van der Waals surface area contributed by atoms with E-state index < -0.39 is 0 Å². The Bertz CT molecular complexity index is 1220. The van der Waals surface area contributed by atoms with Crippen molar-refractivity contribution in [2.75, 3.05) is 52.3 Å². The van der Waals surface area contributed by atoms with Gasteiger partial charge in [-0.3, -0.25) is 14.9 Å². The van der Waals surface area contributed by atoms with Gasteiger partial charge in [0.1, 0.15) is 11.9 Å². The van der Waals surface area contributed by atoms with E-state index in [1.54, 1.807) is 37.4 Å². The van der Waals surface area contributed by atoms with Crippen LogP contribution in [0.15, 0.2) is 41.8 Å². The molecule has 0 unspecified atom stereocenters. The number of thiazole rings is 1. The molecule has 0 bridgehead atoms. The van der Waals surface area contributed by atoms with Crippen LogP contribution in [0.5, 0.6) is 17.5 Å². The number of nitrogens with one attached hydrogen (secondary N) is 1. The lowest BCUT2D eigenvalue weighted by Gasteiger charge is -2.32. The third kappa shape index (κ3) is 7.25. The molecule has 3 aromatic rings. The van der Waals surface area contributed by atoms with E-state index in [1.807, 2.05) is 24.1 Å². The van der Waals surface area contributed by atoms with E-state index in [0.29, 0.717) is 41.7 Å². The fraction of sp³-hybridized carbons (Fsp3) is 0.385. The third-order valence-electron chi connectivity index (χ3n) is 5.72. The number of aromatic nitrogens is 2. The van der Waals surface area contributed by atoms with Gasteiger partial charge in [-0.25, -0.2) is 4.98 Å². The van der Waals surface area contributed by atoms with Gasteiger partial charge in [0.25, 0.3) is 11.8 Å². The van der Waals surface area contributed by atoms with Gasteiger partial charge in [0.2, 0.25) is 11.8 Å². The van der Waals surface area contributed by atoms with Gasteiger partial charge in [-0.15, -0.1) is 11.3 Å². The number of hydrogen-bond acceptors (Lipinski definition) is 9. The molecule has 2 aromatic heterocycles. The molecule has 1 atom stereocenters. The minimum Gasteiger partial charge on any atom is -0.472 e. The number of anilines is 1. The van der Waals surface area contributed by atoms with Crippen LogP contribution in [0.25, 0.3) is 0 Å². The van der Waals surface area contributed by atoms with Crippen molar-refractivity contribution in [2.45, 2.75) is 20.0 Å². The van der Waals surface area contributed by atoms with Crippen molar-refractivity contribution in [3.05, 3.63) is 58.6 Å². The fourth-order valence-electron chi connectivity index (χ4n) is 3.76. The van der Waals surface area contributed by atoms with Crippen LogP contribution in [0.4, 0.5) is 5.13 Å². The number of carbonyl (C=O) groups excluding carboxylic acids is 2. The molecular weight excluding hydrogens is 494 g/mol. The molecule has 4 rings (SSSR count). The van der Waals surface area contributed by atoms with Crippen molar-refractivity contribution >= 4 is 28.3 Å². The zero-order valence-corrected chi connectivity index (χ0v) is 22.2. The first kappa shape index (κ1) is 26.5. The third-order valence-corrected chi connectivity index (χ3v) is 6.59.